The molecule has 1 amide bonds. The fourth-order valence-corrected chi connectivity index (χ4v) is 1.96. The predicted octanol–water partition coefficient (Wildman–Crippen LogP) is 2.29. The summed E-state index contributed by atoms with van der Waals surface area (Å²) in [4.78, 5) is 17.6. The zero-order valence-corrected chi connectivity index (χ0v) is 12.6. The molecule has 3 N–H and O–H groups in total. The van der Waals surface area contributed by atoms with Gasteiger partial charge < -0.3 is 16.0 Å². The molecule has 0 unspecified atom stereocenters. The summed E-state index contributed by atoms with van der Waals surface area (Å²) in [5, 5.41) is 3.23. The van der Waals surface area contributed by atoms with Crippen LogP contribution in [0.25, 0.3) is 0 Å². The highest BCUT2D eigenvalue weighted by atomic mass is 16.2. The molecule has 0 atom stereocenters. The molecule has 1 aromatic carbocycles. The summed E-state index contributed by atoms with van der Waals surface area (Å²) in [6, 6.07) is 9.43. The minimum absolute atomic E-state index is 0.0549. The molecule has 0 bridgehead atoms. The quantitative estimate of drug-likeness (QED) is 0.845. The Balaban J connectivity index is 2.04. The van der Waals surface area contributed by atoms with Crippen molar-refractivity contribution in [2.45, 2.75) is 13.5 Å². The Morgan fingerprint density at radius 1 is 1.29 bits per heavy atom. The molecular weight excluding hydrogens is 264 g/mol. The number of nitrogens with two attached hydrogens (primary N) is 1. The van der Waals surface area contributed by atoms with Crippen molar-refractivity contribution in [2.75, 3.05) is 25.1 Å². The first-order valence-electron chi connectivity index (χ1n) is 6.74. The molecule has 0 fully saturated rings. The number of hydrogen-bond acceptors (Lipinski definition) is 4. The molecule has 0 saturated heterocycles. The van der Waals surface area contributed by atoms with Gasteiger partial charge in [0.2, 0.25) is 0 Å². The first-order valence-corrected chi connectivity index (χ1v) is 6.74. The molecule has 1 heterocycles. The van der Waals surface area contributed by atoms with Gasteiger partial charge in [-0.2, -0.15) is 0 Å². The summed E-state index contributed by atoms with van der Waals surface area (Å²) in [7, 11) is 3.44. The largest absolute Gasteiger partial charge is 0.399 e. The highest BCUT2D eigenvalue weighted by molar-refractivity contribution is 5.93. The number of rotatable bonds is 4. The number of benzene rings is 1. The monoisotopic (exact) mass is 284 g/mol. The number of hydrogen-bond donors (Lipinski definition) is 2. The molecular formula is C16H20N4O. The van der Waals surface area contributed by atoms with E-state index in [2.05, 4.69) is 10.3 Å². The van der Waals surface area contributed by atoms with Crippen LogP contribution in [0.2, 0.25) is 0 Å². The van der Waals surface area contributed by atoms with Crippen molar-refractivity contribution in [3.8, 4) is 0 Å². The number of amides is 1. The molecule has 0 saturated carbocycles. The molecule has 0 aliphatic rings. The van der Waals surface area contributed by atoms with E-state index in [1.165, 1.54) is 4.90 Å². The highest BCUT2D eigenvalue weighted by Gasteiger charge is 2.08. The standard InChI is InChI=1S/C16H20N4O/c1-11-12(5-4-6-14(11)17)9-18-15-8-7-13(10-19-15)16(21)20(2)3/h4-8,10H,9,17H2,1-3H3,(H,18,19). The van der Waals surface area contributed by atoms with Gasteiger partial charge in [-0.3, -0.25) is 4.79 Å². The Morgan fingerprint density at radius 2 is 2.05 bits per heavy atom. The van der Waals surface area contributed by atoms with E-state index in [0.29, 0.717) is 12.1 Å². The van der Waals surface area contributed by atoms with Gasteiger partial charge in [-0.15, -0.1) is 0 Å². The first kappa shape index (κ1) is 14.8. The Hall–Kier alpha value is -2.56. The van der Waals surface area contributed by atoms with E-state index in [1.807, 2.05) is 25.1 Å². The lowest BCUT2D eigenvalue weighted by Gasteiger charge is -2.12. The van der Waals surface area contributed by atoms with E-state index in [4.69, 9.17) is 5.73 Å². The van der Waals surface area contributed by atoms with Gasteiger partial charge in [0, 0.05) is 32.5 Å². The number of carbonyl (C=O) groups excluding carboxylic acids is 1. The topological polar surface area (TPSA) is 71.2 Å². The number of nitrogens with one attached hydrogen (secondary N) is 1. The lowest BCUT2D eigenvalue weighted by molar-refractivity contribution is 0.0827. The molecule has 0 aliphatic heterocycles. The van der Waals surface area contributed by atoms with Crippen molar-refractivity contribution in [3.63, 3.8) is 0 Å². The SMILES string of the molecule is Cc1c(N)cccc1CNc1ccc(C(=O)N(C)C)cn1. The van der Waals surface area contributed by atoms with Crippen LogP contribution in [0.5, 0.6) is 0 Å². The van der Waals surface area contributed by atoms with Crippen molar-refractivity contribution in [3.05, 3.63) is 53.2 Å². The molecule has 2 aromatic rings. The van der Waals surface area contributed by atoms with Gasteiger partial charge in [0.1, 0.15) is 5.82 Å². The van der Waals surface area contributed by atoms with Crippen LogP contribution in [0.3, 0.4) is 0 Å². The number of carbonyl (C=O) groups is 1. The third-order valence-corrected chi connectivity index (χ3v) is 3.36. The molecule has 0 spiro atoms. The summed E-state index contributed by atoms with van der Waals surface area (Å²) in [5.41, 5.74) is 9.45. The maximum atomic E-state index is 11.8. The summed E-state index contributed by atoms with van der Waals surface area (Å²) >= 11 is 0. The van der Waals surface area contributed by atoms with Crippen LogP contribution in [0.1, 0.15) is 21.5 Å². The van der Waals surface area contributed by atoms with Crippen LogP contribution >= 0.6 is 0 Å². The highest BCUT2D eigenvalue weighted by Crippen LogP contribution is 2.16. The van der Waals surface area contributed by atoms with Gasteiger partial charge in [-0.05, 0) is 36.2 Å². The van der Waals surface area contributed by atoms with Crippen molar-refractivity contribution >= 4 is 17.4 Å². The molecule has 110 valence electrons. The zero-order chi connectivity index (χ0) is 15.4. The predicted molar refractivity (Wildman–Crippen MR) is 85.2 cm³/mol. The van der Waals surface area contributed by atoms with Crippen LogP contribution in [-0.4, -0.2) is 29.9 Å². The minimum Gasteiger partial charge on any atom is -0.399 e. The number of pyridine rings is 1. The van der Waals surface area contributed by atoms with E-state index in [9.17, 15) is 4.79 Å². The summed E-state index contributed by atoms with van der Waals surface area (Å²) in [6.45, 7) is 2.64. The van der Waals surface area contributed by atoms with Crippen molar-refractivity contribution in [1.29, 1.82) is 0 Å². The Labute approximate surface area is 124 Å². The summed E-state index contributed by atoms with van der Waals surface area (Å²) in [5.74, 6) is 0.674. The van der Waals surface area contributed by atoms with E-state index >= 15 is 0 Å². The summed E-state index contributed by atoms with van der Waals surface area (Å²) < 4.78 is 0. The number of nitrogen functional groups attached to an aromatic ring is 1. The molecule has 1 aromatic heterocycles. The maximum Gasteiger partial charge on any atom is 0.254 e. The molecule has 21 heavy (non-hydrogen) atoms. The van der Waals surface area contributed by atoms with Crippen LogP contribution in [0.4, 0.5) is 11.5 Å². The second-order valence-electron chi connectivity index (χ2n) is 5.12. The second-order valence-corrected chi connectivity index (χ2v) is 5.12. The van der Waals surface area contributed by atoms with Gasteiger partial charge in [-0.25, -0.2) is 4.98 Å². The Kier molecular flexibility index (Phi) is 4.42. The van der Waals surface area contributed by atoms with E-state index < -0.39 is 0 Å². The third-order valence-electron chi connectivity index (χ3n) is 3.36. The smallest absolute Gasteiger partial charge is 0.254 e. The molecule has 5 heteroatoms. The van der Waals surface area contributed by atoms with Crippen molar-refractivity contribution in [2.24, 2.45) is 0 Å². The van der Waals surface area contributed by atoms with E-state index in [-0.39, 0.29) is 5.91 Å². The van der Waals surface area contributed by atoms with Crippen molar-refractivity contribution < 1.29 is 4.79 Å². The molecule has 0 aliphatic carbocycles. The summed E-state index contributed by atoms with van der Waals surface area (Å²) in [6.07, 6.45) is 1.58. The van der Waals surface area contributed by atoms with Gasteiger partial charge in [-0.1, -0.05) is 12.1 Å². The normalized spacial score (nSPS) is 10.2. The van der Waals surface area contributed by atoms with Gasteiger partial charge in [0.05, 0.1) is 5.56 Å². The fraction of sp³-hybridized carbons (Fsp3) is 0.250. The van der Waals surface area contributed by atoms with Gasteiger partial charge in [0.25, 0.3) is 5.91 Å². The lowest BCUT2D eigenvalue weighted by atomic mass is 10.1. The average molecular weight is 284 g/mol. The lowest BCUT2D eigenvalue weighted by Crippen LogP contribution is -2.21. The average Bonchev–Trinajstić information content (AvgIpc) is 2.48. The molecule has 5 nitrogen and oxygen atoms in total. The fourth-order valence-electron chi connectivity index (χ4n) is 1.96. The first-order chi connectivity index (χ1) is 9.99. The van der Waals surface area contributed by atoms with E-state index in [0.717, 1.165) is 22.6 Å². The zero-order valence-electron chi connectivity index (χ0n) is 12.6. The van der Waals surface area contributed by atoms with Gasteiger partial charge >= 0.3 is 0 Å². The van der Waals surface area contributed by atoms with Crippen LogP contribution < -0.4 is 11.1 Å². The number of aromatic nitrogens is 1. The van der Waals surface area contributed by atoms with Crippen LogP contribution in [0.15, 0.2) is 36.5 Å². The molecule has 0 radical (unpaired) electrons. The van der Waals surface area contributed by atoms with E-state index in [1.54, 1.807) is 32.4 Å². The molecule has 2 rings (SSSR count). The van der Waals surface area contributed by atoms with Crippen LogP contribution in [-0.2, 0) is 6.54 Å². The Morgan fingerprint density at radius 3 is 2.67 bits per heavy atom. The Bertz CT molecular complexity index is 635. The maximum absolute atomic E-state index is 11.8. The van der Waals surface area contributed by atoms with Gasteiger partial charge in [0.15, 0.2) is 0 Å². The third kappa shape index (κ3) is 3.51. The number of anilines is 2. The minimum atomic E-state index is -0.0549. The second kappa shape index (κ2) is 6.26. The number of nitrogens with zero attached hydrogens (tertiary/aromatic N) is 2. The van der Waals surface area contributed by atoms with Crippen molar-refractivity contribution in [1.82, 2.24) is 9.88 Å². The van der Waals surface area contributed by atoms with Crippen LogP contribution in [0, 0.1) is 6.92 Å².